The van der Waals surface area contributed by atoms with Crippen LogP contribution in [-0.2, 0) is 6.18 Å². The maximum absolute atomic E-state index is 12.6. The molecule has 10 heteroatoms. The summed E-state index contributed by atoms with van der Waals surface area (Å²) in [6, 6.07) is 7.42. The summed E-state index contributed by atoms with van der Waals surface area (Å²) in [4.78, 5) is 11.8. The van der Waals surface area contributed by atoms with Gasteiger partial charge in [-0.2, -0.15) is 13.2 Å². The van der Waals surface area contributed by atoms with E-state index >= 15 is 0 Å². The van der Waals surface area contributed by atoms with E-state index in [-0.39, 0.29) is 11.4 Å². The van der Waals surface area contributed by atoms with Crippen molar-refractivity contribution in [2.45, 2.75) is 12.5 Å². The zero-order valence-corrected chi connectivity index (χ0v) is 12.2. The maximum atomic E-state index is 12.6. The second-order valence-corrected chi connectivity index (χ2v) is 4.73. The molecule has 0 saturated carbocycles. The van der Waals surface area contributed by atoms with E-state index in [1.54, 1.807) is 0 Å². The average molecular weight is 364 g/mol. The van der Waals surface area contributed by atoms with Crippen molar-refractivity contribution in [1.29, 1.82) is 0 Å². The van der Waals surface area contributed by atoms with Gasteiger partial charge in [-0.1, -0.05) is 12.1 Å². The summed E-state index contributed by atoms with van der Waals surface area (Å²) in [7, 11) is 0. The highest BCUT2D eigenvalue weighted by Gasteiger charge is 2.31. The van der Waals surface area contributed by atoms with Crippen molar-refractivity contribution in [2.24, 2.45) is 0 Å². The number of halogens is 6. The highest BCUT2D eigenvalue weighted by Crippen LogP contribution is 2.30. The normalized spacial score (nSPS) is 11.8. The summed E-state index contributed by atoms with van der Waals surface area (Å²) in [5, 5.41) is 4.35. The molecular formula is C15H10F6N2O2. The van der Waals surface area contributed by atoms with Crippen LogP contribution < -0.4 is 15.4 Å². The molecule has 2 amide bonds. The third kappa shape index (κ3) is 5.90. The van der Waals surface area contributed by atoms with Crippen molar-refractivity contribution < 1.29 is 35.9 Å². The van der Waals surface area contributed by atoms with Gasteiger partial charge in [0.2, 0.25) is 0 Å². The number of ether oxygens (including phenoxy) is 1. The van der Waals surface area contributed by atoms with E-state index in [0.717, 1.165) is 30.3 Å². The molecule has 0 saturated heterocycles. The molecule has 0 spiro atoms. The Labute approximate surface area is 137 Å². The lowest BCUT2D eigenvalue weighted by atomic mass is 10.2. The summed E-state index contributed by atoms with van der Waals surface area (Å²) < 4.78 is 77.9. The molecule has 0 aliphatic rings. The van der Waals surface area contributed by atoms with E-state index in [0.29, 0.717) is 0 Å². The Morgan fingerprint density at radius 1 is 0.840 bits per heavy atom. The number of amides is 2. The maximum Gasteiger partial charge on any atom is 0.573 e. The van der Waals surface area contributed by atoms with Crippen molar-refractivity contribution in [3.63, 3.8) is 0 Å². The summed E-state index contributed by atoms with van der Waals surface area (Å²) in [5.74, 6) is -0.552. The Morgan fingerprint density at radius 3 is 1.96 bits per heavy atom. The molecule has 0 heterocycles. The van der Waals surface area contributed by atoms with Crippen molar-refractivity contribution >= 4 is 17.4 Å². The molecule has 2 N–H and O–H groups in total. The standard InChI is InChI=1S/C15H10F6N2O2/c16-14(17,18)9-3-1-4-10(7-9)22-13(24)23-11-5-2-6-12(8-11)25-15(19,20)21/h1-8H,(H2,22,23,24). The molecule has 0 radical (unpaired) electrons. The van der Waals surface area contributed by atoms with Gasteiger partial charge >= 0.3 is 18.6 Å². The van der Waals surface area contributed by atoms with Gasteiger partial charge in [-0.05, 0) is 30.3 Å². The van der Waals surface area contributed by atoms with Crippen LogP contribution in [0.4, 0.5) is 42.5 Å². The third-order valence-corrected chi connectivity index (χ3v) is 2.77. The summed E-state index contributed by atoms with van der Waals surface area (Å²) in [6.45, 7) is 0. The lowest BCUT2D eigenvalue weighted by Gasteiger charge is -2.12. The Balaban J connectivity index is 2.05. The van der Waals surface area contributed by atoms with Gasteiger partial charge in [0.15, 0.2) is 0 Å². The summed E-state index contributed by atoms with van der Waals surface area (Å²) in [5.41, 5.74) is -1.12. The van der Waals surface area contributed by atoms with Crippen LogP contribution >= 0.6 is 0 Å². The van der Waals surface area contributed by atoms with E-state index in [2.05, 4.69) is 15.4 Å². The average Bonchev–Trinajstić information content (AvgIpc) is 2.45. The zero-order chi connectivity index (χ0) is 18.7. The van der Waals surface area contributed by atoms with Crippen LogP contribution in [0, 0.1) is 0 Å². The van der Waals surface area contributed by atoms with Crippen molar-refractivity contribution in [3.8, 4) is 5.75 Å². The number of hydrogen-bond donors (Lipinski definition) is 2. The fourth-order valence-electron chi connectivity index (χ4n) is 1.84. The van der Waals surface area contributed by atoms with Crippen LogP contribution in [0.25, 0.3) is 0 Å². The molecule has 25 heavy (non-hydrogen) atoms. The molecular weight excluding hydrogens is 354 g/mol. The molecule has 0 aliphatic heterocycles. The number of carbonyl (C=O) groups excluding carboxylic acids is 1. The Bertz CT molecular complexity index is 758. The smallest absolute Gasteiger partial charge is 0.406 e. The molecule has 0 aliphatic carbocycles. The van der Waals surface area contributed by atoms with Crippen LogP contribution in [0.3, 0.4) is 0 Å². The van der Waals surface area contributed by atoms with Gasteiger partial charge in [0.05, 0.1) is 5.56 Å². The van der Waals surface area contributed by atoms with Gasteiger partial charge in [-0.3, -0.25) is 0 Å². The molecule has 0 bridgehead atoms. The van der Waals surface area contributed by atoms with Gasteiger partial charge in [0.25, 0.3) is 0 Å². The van der Waals surface area contributed by atoms with Crippen molar-refractivity contribution in [3.05, 3.63) is 54.1 Å². The third-order valence-electron chi connectivity index (χ3n) is 2.77. The Morgan fingerprint density at radius 2 is 1.40 bits per heavy atom. The number of nitrogens with one attached hydrogen (secondary N) is 2. The topological polar surface area (TPSA) is 50.4 Å². The van der Waals surface area contributed by atoms with E-state index in [9.17, 15) is 31.1 Å². The summed E-state index contributed by atoms with van der Waals surface area (Å²) >= 11 is 0. The van der Waals surface area contributed by atoms with E-state index in [1.165, 1.54) is 18.2 Å². The van der Waals surface area contributed by atoms with Gasteiger partial charge in [0.1, 0.15) is 5.75 Å². The largest absolute Gasteiger partial charge is 0.573 e. The first kappa shape index (κ1) is 18.4. The van der Waals surface area contributed by atoms with Gasteiger partial charge in [-0.25, -0.2) is 4.79 Å². The summed E-state index contributed by atoms with van der Waals surface area (Å²) in [6.07, 6.45) is -9.46. The predicted octanol–water partition coefficient (Wildman–Crippen LogP) is 5.25. The molecule has 2 aromatic rings. The predicted molar refractivity (Wildman–Crippen MR) is 77.2 cm³/mol. The first-order valence-electron chi connectivity index (χ1n) is 6.64. The van der Waals surface area contributed by atoms with E-state index < -0.39 is 29.9 Å². The molecule has 2 rings (SSSR count). The second kappa shape index (κ2) is 6.91. The molecule has 0 atom stereocenters. The van der Waals surface area contributed by atoms with E-state index in [4.69, 9.17) is 0 Å². The molecule has 0 aromatic heterocycles. The number of benzene rings is 2. The number of rotatable bonds is 3. The minimum absolute atomic E-state index is 0.0359. The molecule has 4 nitrogen and oxygen atoms in total. The lowest BCUT2D eigenvalue weighted by molar-refractivity contribution is -0.274. The molecule has 134 valence electrons. The number of alkyl halides is 6. The highest BCUT2D eigenvalue weighted by molar-refractivity contribution is 5.99. The number of carbonyl (C=O) groups is 1. The highest BCUT2D eigenvalue weighted by atomic mass is 19.4. The SMILES string of the molecule is O=C(Nc1cccc(OC(F)(F)F)c1)Nc1cccc(C(F)(F)F)c1. The Hall–Kier alpha value is -2.91. The quantitative estimate of drug-likeness (QED) is 0.731. The van der Waals surface area contributed by atoms with Crippen LogP contribution in [0.2, 0.25) is 0 Å². The minimum atomic E-state index is -4.89. The van der Waals surface area contributed by atoms with Crippen LogP contribution in [0.1, 0.15) is 5.56 Å². The number of urea groups is 1. The molecule has 0 fully saturated rings. The minimum Gasteiger partial charge on any atom is -0.406 e. The second-order valence-electron chi connectivity index (χ2n) is 4.73. The fourth-order valence-corrected chi connectivity index (χ4v) is 1.84. The van der Waals surface area contributed by atoms with E-state index in [1.807, 2.05) is 0 Å². The monoisotopic (exact) mass is 364 g/mol. The van der Waals surface area contributed by atoms with Crippen LogP contribution in [0.15, 0.2) is 48.5 Å². The number of anilines is 2. The number of hydrogen-bond acceptors (Lipinski definition) is 2. The first-order chi connectivity index (χ1) is 11.5. The van der Waals surface area contributed by atoms with Crippen LogP contribution in [-0.4, -0.2) is 12.4 Å². The molecule has 2 aromatic carbocycles. The Kier molecular flexibility index (Phi) is 5.10. The van der Waals surface area contributed by atoms with Crippen LogP contribution in [0.5, 0.6) is 5.75 Å². The van der Waals surface area contributed by atoms with Crippen molar-refractivity contribution in [1.82, 2.24) is 0 Å². The zero-order valence-electron chi connectivity index (χ0n) is 12.2. The lowest BCUT2D eigenvalue weighted by Crippen LogP contribution is -2.20. The molecule has 0 unspecified atom stereocenters. The van der Waals surface area contributed by atoms with Gasteiger partial charge in [0, 0.05) is 17.4 Å². The van der Waals surface area contributed by atoms with Gasteiger partial charge in [-0.15, -0.1) is 13.2 Å². The fraction of sp³-hybridized carbons (Fsp3) is 0.133. The first-order valence-corrected chi connectivity index (χ1v) is 6.64. The van der Waals surface area contributed by atoms with Gasteiger partial charge < -0.3 is 15.4 Å². The van der Waals surface area contributed by atoms with Crippen molar-refractivity contribution in [2.75, 3.05) is 10.6 Å².